The van der Waals surface area contributed by atoms with Crippen LogP contribution in [0.15, 0.2) is 17.5 Å². The van der Waals surface area contributed by atoms with Gasteiger partial charge in [0.25, 0.3) is 0 Å². The minimum Gasteiger partial charge on any atom is -0.369 e. The first-order valence-corrected chi connectivity index (χ1v) is 6.79. The standard InChI is InChI=1S/C13H22N2OS/c1-9(2)11(10-6-5-7-17-10)15-8-13(3,4)12(14)16/h5-7,9,11,15H,8H2,1-4H3,(H2,14,16). The van der Waals surface area contributed by atoms with Crippen LogP contribution in [0.4, 0.5) is 0 Å². The van der Waals surface area contributed by atoms with E-state index in [9.17, 15) is 4.79 Å². The minimum atomic E-state index is -0.510. The molecule has 17 heavy (non-hydrogen) atoms. The number of carbonyl (C=O) groups excluding carboxylic acids is 1. The van der Waals surface area contributed by atoms with Gasteiger partial charge in [0.05, 0.1) is 5.41 Å². The predicted molar refractivity (Wildman–Crippen MR) is 72.9 cm³/mol. The highest BCUT2D eigenvalue weighted by atomic mass is 32.1. The van der Waals surface area contributed by atoms with Crippen LogP contribution >= 0.6 is 11.3 Å². The molecule has 0 radical (unpaired) electrons. The van der Waals surface area contributed by atoms with Crippen molar-refractivity contribution in [2.45, 2.75) is 33.7 Å². The Hall–Kier alpha value is -0.870. The highest BCUT2D eigenvalue weighted by Crippen LogP contribution is 2.26. The number of hydrogen-bond acceptors (Lipinski definition) is 3. The number of amides is 1. The molecule has 96 valence electrons. The van der Waals surface area contributed by atoms with E-state index in [1.165, 1.54) is 4.88 Å². The summed E-state index contributed by atoms with van der Waals surface area (Å²) in [6.07, 6.45) is 0. The fraction of sp³-hybridized carbons (Fsp3) is 0.615. The quantitative estimate of drug-likeness (QED) is 0.819. The maximum atomic E-state index is 11.3. The van der Waals surface area contributed by atoms with Crippen LogP contribution in [0.3, 0.4) is 0 Å². The van der Waals surface area contributed by atoms with E-state index < -0.39 is 5.41 Å². The van der Waals surface area contributed by atoms with Gasteiger partial charge in [0.2, 0.25) is 5.91 Å². The van der Waals surface area contributed by atoms with Crippen molar-refractivity contribution in [1.82, 2.24) is 5.32 Å². The lowest BCUT2D eigenvalue weighted by Crippen LogP contribution is -2.42. The molecule has 0 aromatic carbocycles. The van der Waals surface area contributed by atoms with Crippen LogP contribution in [-0.2, 0) is 4.79 Å². The average Bonchev–Trinajstić information content (AvgIpc) is 2.70. The van der Waals surface area contributed by atoms with Gasteiger partial charge in [-0.3, -0.25) is 4.79 Å². The van der Waals surface area contributed by atoms with Gasteiger partial charge in [-0.25, -0.2) is 0 Å². The molecule has 1 amide bonds. The summed E-state index contributed by atoms with van der Waals surface area (Å²) >= 11 is 1.74. The summed E-state index contributed by atoms with van der Waals surface area (Å²) in [6, 6.07) is 4.46. The van der Waals surface area contributed by atoms with E-state index in [0.29, 0.717) is 12.5 Å². The Balaban J connectivity index is 2.67. The third kappa shape index (κ3) is 3.82. The van der Waals surface area contributed by atoms with Gasteiger partial charge < -0.3 is 11.1 Å². The third-order valence-corrected chi connectivity index (χ3v) is 3.90. The molecule has 0 spiro atoms. The largest absolute Gasteiger partial charge is 0.369 e. The third-order valence-electron chi connectivity index (χ3n) is 2.95. The first kappa shape index (κ1) is 14.2. The summed E-state index contributed by atoms with van der Waals surface area (Å²) < 4.78 is 0. The Bertz CT molecular complexity index is 358. The Labute approximate surface area is 107 Å². The van der Waals surface area contributed by atoms with Crippen molar-refractivity contribution < 1.29 is 4.79 Å². The Kier molecular flexibility index (Phi) is 4.71. The molecule has 1 heterocycles. The first-order chi connectivity index (χ1) is 7.84. The van der Waals surface area contributed by atoms with E-state index in [-0.39, 0.29) is 11.9 Å². The van der Waals surface area contributed by atoms with Gasteiger partial charge in [0, 0.05) is 17.5 Å². The number of nitrogens with one attached hydrogen (secondary N) is 1. The van der Waals surface area contributed by atoms with Crippen LogP contribution in [0.1, 0.15) is 38.6 Å². The smallest absolute Gasteiger partial charge is 0.224 e. The molecule has 0 aliphatic rings. The van der Waals surface area contributed by atoms with Gasteiger partial charge in [-0.15, -0.1) is 11.3 Å². The predicted octanol–water partition coefficient (Wildman–Crippen LogP) is 2.55. The Morgan fingerprint density at radius 2 is 2.18 bits per heavy atom. The Morgan fingerprint density at radius 1 is 1.53 bits per heavy atom. The zero-order valence-corrected chi connectivity index (χ0v) is 11.8. The second-order valence-electron chi connectivity index (χ2n) is 5.37. The van der Waals surface area contributed by atoms with Crippen LogP contribution in [0, 0.1) is 11.3 Å². The molecule has 0 saturated carbocycles. The zero-order valence-electron chi connectivity index (χ0n) is 11.0. The van der Waals surface area contributed by atoms with Crippen molar-refractivity contribution in [3.8, 4) is 0 Å². The van der Waals surface area contributed by atoms with Gasteiger partial charge in [-0.2, -0.15) is 0 Å². The molecule has 0 fully saturated rings. The molecule has 1 aromatic rings. The van der Waals surface area contributed by atoms with Gasteiger partial charge in [0.1, 0.15) is 0 Å². The van der Waals surface area contributed by atoms with Crippen LogP contribution in [0.25, 0.3) is 0 Å². The van der Waals surface area contributed by atoms with Crippen molar-refractivity contribution >= 4 is 17.2 Å². The fourth-order valence-electron chi connectivity index (χ4n) is 1.59. The van der Waals surface area contributed by atoms with E-state index in [4.69, 9.17) is 5.73 Å². The van der Waals surface area contributed by atoms with Gasteiger partial charge in [-0.05, 0) is 31.2 Å². The van der Waals surface area contributed by atoms with E-state index in [1.54, 1.807) is 11.3 Å². The SMILES string of the molecule is CC(C)C(NCC(C)(C)C(N)=O)c1cccs1. The second-order valence-corrected chi connectivity index (χ2v) is 6.35. The van der Waals surface area contributed by atoms with E-state index in [0.717, 1.165) is 0 Å². The first-order valence-electron chi connectivity index (χ1n) is 5.91. The van der Waals surface area contributed by atoms with Crippen molar-refractivity contribution in [3.63, 3.8) is 0 Å². The molecule has 1 unspecified atom stereocenters. The second kappa shape index (κ2) is 5.65. The lowest BCUT2D eigenvalue weighted by atomic mass is 9.91. The van der Waals surface area contributed by atoms with E-state index in [2.05, 4.69) is 36.7 Å². The number of nitrogens with two attached hydrogens (primary N) is 1. The summed E-state index contributed by atoms with van der Waals surface area (Å²) in [5.41, 5.74) is 4.87. The molecular formula is C13H22N2OS. The summed E-state index contributed by atoms with van der Waals surface area (Å²) in [5, 5.41) is 5.53. The fourth-order valence-corrected chi connectivity index (χ4v) is 2.56. The molecule has 0 aliphatic heterocycles. The number of thiophene rings is 1. The number of primary amides is 1. The van der Waals surface area contributed by atoms with Gasteiger partial charge >= 0.3 is 0 Å². The summed E-state index contributed by atoms with van der Waals surface area (Å²) in [5.74, 6) is 0.219. The minimum absolute atomic E-state index is 0.265. The summed E-state index contributed by atoms with van der Waals surface area (Å²) in [4.78, 5) is 12.6. The summed E-state index contributed by atoms with van der Waals surface area (Å²) in [6.45, 7) is 8.69. The highest BCUT2D eigenvalue weighted by molar-refractivity contribution is 7.10. The maximum Gasteiger partial charge on any atom is 0.224 e. The highest BCUT2D eigenvalue weighted by Gasteiger charge is 2.27. The van der Waals surface area contributed by atoms with Crippen molar-refractivity contribution in [1.29, 1.82) is 0 Å². The molecule has 1 rings (SSSR count). The topological polar surface area (TPSA) is 55.1 Å². The van der Waals surface area contributed by atoms with Gasteiger partial charge in [0.15, 0.2) is 0 Å². The average molecular weight is 254 g/mol. The van der Waals surface area contributed by atoms with Crippen LogP contribution in [0.5, 0.6) is 0 Å². The number of rotatable bonds is 6. The lowest BCUT2D eigenvalue weighted by Gasteiger charge is -2.27. The molecule has 1 atom stereocenters. The van der Waals surface area contributed by atoms with Crippen LogP contribution in [0.2, 0.25) is 0 Å². The van der Waals surface area contributed by atoms with Crippen molar-refractivity contribution in [2.75, 3.05) is 6.54 Å². The molecular weight excluding hydrogens is 232 g/mol. The molecule has 1 aromatic heterocycles. The van der Waals surface area contributed by atoms with Crippen LogP contribution in [-0.4, -0.2) is 12.5 Å². The van der Waals surface area contributed by atoms with E-state index >= 15 is 0 Å². The van der Waals surface area contributed by atoms with Crippen LogP contribution < -0.4 is 11.1 Å². The maximum absolute atomic E-state index is 11.3. The van der Waals surface area contributed by atoms with Gasteiger partial charge in [-0.1, -0.05) is 19.9 Å². The molecule has 4 heteroatoms. The monoisotopic (exact) mass is 254 g/mol. The molecule has 3 N–H and O–H groups in total. The molecule has 0 bridgehead atoms. The molecule has 0 aliphatic carbocycles. The van der Waals surface area contributed by atoms with Crippen molar-refractivity contribution in [3.05, 3.63) is 22.4 Å². The molecule has 3 nitrogen and oxygen atoms in total. The lowest BCUT2D eigenvalue weighted by molar-refractivity contribution is -0.125. The molecule has 0 saturated heterocycles. The number of hydrogen-bond donors (Lipinski definition) is 2. The zero-order chi connectivity index (χ0) is 13.1. The number of carbonyl (C=O) groups is 1. The Morgan fingerprint density at radius 3 is 2.59 bits per heavy atom. The van der Waals surface area contributed by atoms with Crippen molar-refractivity contribution in [2.24, 2.45) is 17.1 Å². The van der Waals surface area contributed by atoms with E-state index in [1.807, 2.05) is 13.8 Å². The summed E-state index contributed by atoms with van der Waals surface area (Å²) in [7, 11) is 0. The normalized spacial score (nSPS) is 13.9.